The number of hydrogen-bond donors (Lipinski definition) is 0. The van der Waals surface area contributed by atoms with Crippen LogP contribution >= 0.6 is 0 Å². The third-order valence-corrected chi connectivity index (χ3v) is 5.49. The zero-order valence-electron chi connectivity index (χ0n) is 14.5. The molecule has 1 atom stereocenters. The summed E-state index contributed by atoms with van der Waals surface area (Å²) in [5.41, 5.74) is 1.41. The summed E-state index contributed by atoms with van der Waals surface area (Å²) in [6.07, 6.45) is 12.1. The average molecular weight is 324 g/mol. The Bertz CT molecular complexity index is 569. The fraction of sp³-hybridized carbons (Fsp3) is 0.571. The van der Waals surface area contributed by atoms with Gasteiger partial charge in [0.25, 0.3) is 0 Å². The van der Waals surface area contributed by atoms with Gasteiger partial charge in [-0.25, -0.2) is 0 Å². The van der Waals surface area contributed by atoms with Gasteiger partial charge in [-0.3, -0.25) is 9.69 Å². The van der Waals surface area contributed by atoms with Gasteiger partial charge in [-0.2, -0.15) is 0 Å². The lowest BCUT2D eigenvalue weighted by atomic mass is 9.89. The van der Waals surface area contributed by atoms with E-state index in [1.165, 1.54) is 5.56 Å². The van der Waals surface area contributed by atoms with Crippen molar-refractivity contribution in [2.75, 3.05) is 26.2 Å². The number of carbonyl (C=O) groups excluding carboxylic acids is 1. The molecule has 128 valence electrons. The van der Waals surface area contributed by atoms with Crippen LogP contribution in [0.25, 0.3) is 0 Å². The van der Waals surface area contributed by atoms with E-state index in [2.05, 4.69) is 46.1 Å². The molecule has 0 saturated carbocycles. The number of amides is 1. The van der Waals surface area contributed by atoms with Gasteiger partial charge in [0.05, 0.1) is 12.6 Å². The standard InChI is InChI=1S/C21H28N2O/c1-2-13-22-14-7-6-10-20(22)21(24)23-15-11-19(12-16-23)17-18-8-4-3-5-9-18/h1,3-5,8-9,19-20H,6-7,10-17H2. The number of benzene rings is 1. The number of rotatable bonds is 4. The molecule has 0 aliphatic carbocycles. The molecule has 0 N–H and O–H groups in total. The molecule has 1 aromatic rings. The molecule has 2 heterocycles. The second-order valence-electron chi connectivity index (χ2n) is 7.14. The van der Waals surface area contributed by atoms with Crippen LogP contribution in [0, 0.1) is 18.3 Å². The summed E-state index contributed by atoms with van der Waals surface area (Å²) >= 11 is 0. The Morgan fingerprint density at radius 3 is 2.54 bits per heavy atom. The Hall–Kier alpha value is -1.79. The second-order valence-corrected chi connectivity index (χ2v) is 7.14. The van der Waals surface area contributed by atoms with E-state index in [0.29, 0.717) is 18.4 Å². The molecule has 1 aromatic carbocycles. The Labute approximate surface area is 146 Å². The van der Waals surface area contributed by atoms with Crippen LogP contribution < -0.4 is 0 Å². The molecule has 24 heavy (non-hydrogen) atoms. The molecule has 3 rings (SSSR count). The van der Waals surface area contributed by atoms with Gasteiger partial charge < -0.3 is 4.90 Å². The van der Waals surface area contributed by atoms with Crippen LogP contribution in [0.4, 0.5) is 0 Å². The monoisotopic (exact) mass is 324 g/mol. The average Bonchev–Trinajstić information content (AvgIpc) is 2.63. The van der Waals surface area contributed by atoms with Crippen molar-refractivity contribution in [3.8, 4) is 12.3 Å². The van der Waals surface area contributed by atoms with E-state index >= 15 is 0 Å². The molecule has 0 spiro atoms. The molecular weight excluding hydrogens is 296 g/mol. The molecule has 0 aromatic heterocycles. The van der Waals surface area contributed by atoms with Gasteiger partial charge in [-0.1, -0.05) is 42.7 Å². The molecule has 3 nitrogen and oxygen atoms in total. The number of likely N-dealkylation sites (tertiary alicyclic amines) is 2. The highest BCUT2D eigenvalue weighted by atomic mass is 16.2. The van der Waals surface area contributed by atoms with Crippen LogP contribution in [0.3, 0.4) is 0 Å². The Morgan fingerprint density at radius 1 is 1.08 bits per heavy atom. The van der Waals surface area contributed by atoms with Gasteiger partial charge >= 0.3 is 0 Å². The van der Waals surface area contributed by atoms with Crippen LogP contribution in [-0.2, 0) is 11.2 Å². The number of carbonyl (C=O) groups is 1. The quantitative estimate of drug-likeness (QED) is 0.795. The second kappa shape index (κ2) is 8.35. The highest BCUT2D eigenvalue weighted by molar-refractivity contribution is 5.82. The highest BCUT2D eigenvalue weighted by Gasteiger charge is 2.33. The fourth-order valence-electron chi connectivity index (χ4n) is 4.09. The minimum absolute atomic E-state index is 0.0143. The number of terminal acetylenes is 1. The van der Waals surface area contributed by atoms with Gasteiger partial charge in [0.1, 0.15) is 0 Å². The van der Waals surface area contributed by atoms with Crippen molar-refractivity contribution in [3.63, 3.8) is 0 Å². The lowest BCUT2D eigenvalue weighted by Gasteiger charge is -2.39. The van der Waals surface area contributed by atoms with E-state index in [0.717, 1.165) is 58.2 Å². The van der Waals surface area contributed by atoms with Gasteiger partial charge in [-0.15, -0.1) is 6.42 Å². The zero-order valence-corrected chi connectivity index (χ0v) is 14.5. The maximum Gasteiger partial charge on any atom is 0.239 e. The first-order valence-corrected chi connectivity index (χ1v) is 9.28. The summed E-state index contributed by atoms with van der Waals surface area (Å²) in [6, 6.07) is 10.7. The zero-order chi connectivity index (χ0) is 16.8. The van der Waals surface area contributed by atoms with Crippen molar-refractivity contribution in [1.29, 1.82) is 0 Å². The topological polar surface area (TPSA) is 23.6 Å². The molecular formula is C21H28N2O. The summed E-state index contributed by atoms with van der Waals surface area (Å²) in [5, 5.41) is 0. The summed E-state index contributed by atoms with van der Waals surface area (Å²) in [7, 11) is 0. The largest absolute Gasteiger partial charge is 0.341 e. The van der Waals surface area contributed by atoms with Crippen molar-refractivity contribution < 1.29 is 4.79 Å². The number of piperidine rings is 2. The molecule has 2 aliphatic rings. The highest BCUT2D eigenvalue weighted by Crippen LogP contribution is 2.25. The van der Waals surface area contributed by atoms with Crippen molar-refractivity contribution in [3.05, 3.63) is 35.9 Å². The van der Waals surface area contributed by atoms with Crippen molar-refractivity contribution in [2.24, 2.45) is 5.92 Å². The smallest absolute Gasteiger partial charge is 0.239 e. The number of hydrogen-bond acceptors (Lipinski definition) is 2. The Kier molecular flexibility index (Phi) is 5.93. The van der Waals surface area contributed by atoms with Gasteiger partial charge in [0.15, 0.2) is 0 Å². The predicted molar refractivity (Wildman–Crippen MR) is 97.5 cm³/mol. The normalized spacial score (nSPS) is 23.0. The molecule has 1 unspecified atom stereocenters. The first kappa shape index (κ1) is 17.0. The maximum absolute atomic E-state index is 12.9. The van der Waals surface area contributed by atoms with Gasteiger partial charge in [-0.05, 0) is 50.1 Å². The van der Waals surface area contributed by atoms with E-state index in [1.807, 2.05) is 0 Å². The molecule has 2 saturated heterocycles. The summed E-state index contributed by atoms with van der Waals surface area (Å²) in [6.45, 7) is 3.36. The first-order chi connectivity index (χ1) is 11.8. The Balaban J connectivity index is 1.52. The molecule has 2 fully saturated rings. The number of nitrogens with zero attached hydrogens (tertiary/aromatic N) is 2. The third-order valence-electron chi connectivity index (χ3n) is 5.49. The molecule has 2 aliphatic heterocycles. The van der Waals surface area contributed by atoms with Crippen molar-refractivity contribution >= 4 is 5.91 Å². The van der Waals surface area contributed by atoms with Crippen LogP contribution in [0.1, 0.15) is 37.7 Å². The molecule has 1 amide bonds. The van der Waals surface area contributed by atoms with E-state index in [1.54, 1.807) is 0 Å². The molecule has 3 heteroatoms. The van der Waals surface area contributed by atoms with E-state index in [-0.39, 0.29) is 6.04 Å². The third kappa shape index (κ3) is 4.19. The van der Waals surface area contributed by atoms with Gasteiger partial charge in [0, 0.05) is 13.1 Å². The van der Waals surface area contributed by atoms with Crippen molar-refractivity contribution in [1.82, 2.24) is 9.80 Å². The first-order valence-electron chi connectivity index (χ1n) is 9.28. The van der Waals surface area contributed by atoms with E-state index in [9.17, 15) is 4.79 Å². The summed E-state index contributed by atoms with van der Waals surface area (Å²) < 4.78 is 0. The van der Waals surface area contributed by atoms with E-state index in [4.69, 9.17) is 6.42 Å². The summed E-state index contributed by atoms with van der Waals surface area (Å²) in [4.78, 5) is 17.2. The SMILES string of the molecule is C#CCN1CCCCC1C(=O)N1CCC(Cc2ccccc2)CC1. The van der Waals surface area contributed by atoms with Crippen LogP contribution in [0.5, 0.6) is 0 Å². The maximum atomic E-state index is 12.9. The molecule has 0 bridgehead atoms. The predicted octanol–water partition coefficient (Wildman–Crippen LogP) is 2.96. The lowest BCUT2D eigenvalue weighted by Crippen LogP contribution is -2.52. The lowest BCUT2D eigenvalue weighted by molar-refractivity contribution is -0.139. The summed E-state index contributed by atoms with van der Waals surface area (Å²) in [5.74, 6) is 3.72. The van der Waals surface area contributed by atoms with Crippen molar-refractivity contribution in [2.45, 2.75) is 44.6 Å². The van der Waals surface area contributed by atoms with Crippen LogP contribution in [0.15, 0.2) is 30.3 Å². The Morgan fingerprint density at radius 2 is 1.83 bits per heavy atom. The fourth-order valence-corrected chi connectivity index (χ4v) is 4.09. The minimum atomic E-state index is 0.0143. The minimum Gasteiger partial charge on any atom is -0.341 e. The van der Waals surface area contributed by atoms with E-state index < -0.39 is 0 Å². The van der Waals surface area contributed by atoms with Crippen LogP contribution in [-0.4, -0.2) is 47.9 Å². The van der Waals surface area contributed by atoms with Crippen LogP contribution in [0.2, 0.25) is 0 Å². The molecule has 0 radical (unpaired) electrons. The van der Waals surface area contributed by atoms with Gasteiger partial charge in [0.2, 0.25) is 5.91 Å².